The van der Waals surface area contributed by atoms with Crippen LogP contribution in [0.15, 0.2) is 108 Å². The molecule has 0 aliphatic rings. The van der Waals surface area contributed by atoms with Crippen LogP contribution in [0.3, 0.4) is 0 Å². The van der Waals surface area contributed by atoms with Gasteiger partial charge in [0, 0.05) is 29.8 Å². The molecule has 0 amide bonds. The molecule has 0 aliphatic carbocycles. The highest BCUT2D eigenvalue weighted by Crippen LogP contribution is 2.26. The highest BCUT2D eigenvalue weighted by atomic mass is 32.2. The van der Waals surface area contributed by atoms with E-state index in [4.69, 9.17) is 4.74 Å². The van der Waals surface area contributed by atoms with Crippen molar-refractivity contribution in [1.82, 2.24) is 14.4 Å². The lowest BCUT2D eigenvalue weighted by molar-refractivity contribution is 0.482. The zero-order valence-corrected chi connectivity index (χ0v) is 17.6. The van der Waals surface area contributed by atoms with Crippen molar-refractivity contribution < 1.29 is 13.2 Å². The van der Waals surface area contributed by atoms with Crippen molar-refractivity contribution in [2.75, 3.05) is 4.72 Å². The number of ether oxygens (including phenoxy) is 1. The Balaban J connectivity index is 1.35. The first-order valence-electron chi connectivity index (χ1n) is 9.83. The molecular formula is C24H18N4O3S. The molecule has 0 saturated heterocycles. The maximum atomic E-state index is 12.9. The molecule has 32 heavy (non-hydrogen) atoms. The van der Waals surface area contributed by atoms with Crippen molar-refractivity contribution in [3.63, 3.8) is 0 Å². The summed E-state index contributed by atoms with van der Waals surface area (Å²) in [7, 11) is -3.77. The Morgan fingerprint density at radius 3 is 2.41 bits per heavy atom. The molecule has 0 aliphatic heterocycles. The number of para-hydroxylation sites is 1. The Labute approximate surface area is 185 Å². The zero-order chi connectivity index (χ0) is 22.0. The van der Waals surface area contributed by atoms with Crippen LogP contribution in [-0.4, -0.2) is 22.8 Å². The first-order valence-corrected chi connectivity index (χ1v) is 11.3. The van der Waals surface area contributed by atoms with Crippen LogP contribution in [0.2, 0.25) is 0 Å². The summed E-state index contributed by atoms with van der Waals surface area (Å²) in [5.41, 5.74) is 1.92. The van der Waals surface area contributed by atoms with E-state index in [1.165, 1.54) is 12.1 Å². The number of hydrogen-bond donors (Lipinski definition) is 1. The Hall–Kier alpha value is -4.17. The molecule has 0 radical (unpaired) electrons. The number of imidazole rings is 1. The quantitative estimate of drug-likeness (QED) is 0.400. The molecule has 0 fully saturated rings. The number of rotatable bonds is 6. The first kappa shape index (κ1) is 19.8. The van der Waals surface area contributed by atoms with E-state index in [0.29, 0.717) is 28.7 Å². The van der Waals surface area contributed by atoms with E-state index in [0.717, 1.165) is 5.56 Å². The van der Waals surface area contributed by atoms with Crippen molar-refractivity contribution in [1.29, 1.82) is 0 Å². The minimum atomic E-state index is -3.77. The van der Waals surface area contributed by atoms with E-state index in [-0.39, 0.29) is 4.90 Å². The summed E-state index contributed by atoms with van der Waals surface area (Å²) in [6.07, 6.45) is 5.38. The zero-order valence-electron chi connectivity index (χ0n) is 16.8. The second-order valence-corrected chi connectivity index (χ2v) is 8.71. The molecule has 2 aromatic heterocycles. The molecule has 0 atom stereocenters. The van der Waals surface area contributed by atoms with Gasteiger partial charge in [-0.15, -0.1) is 0 Å². The van der Waals surface area contributed by atoms with Crippen LogP contribution in [0.5, 0.6) is 11.5 Å². The Morgan fingerprint density at radius 2 is 1.62 bits per heavy atom. The lowest BCUT2D eigenvalue weighted by Gasteiger charge is -2.10. The molecule has 2 heterocycles. The van der Waals surface area contributed by atoms with Crippen molar-refractivity contribution in [2.24, 2.45) is 0 Å². The van der Waals surface area contributed by atoms with Crippen molar-refractivity contribution >= 4 is 21.5 Å². The van der Waals surface area contributed by atoms with E-state index in [1.807, 2.05) is 59.3 Å². The second kappa shape index (κ2) is 8.16. The molecule has 8 heteroatoms. The number of hydrogen-bond acceptors (Lipinski definition) is 5. The largest absolute Gasteiger partial charge is 0.457 e. The highest BCUT2D eigenvalue weighted by molar-refractivity contribution is 7.92. The number of nitrogens with one attached hydrogen (secondary N) is 1. The predicted octanol–water partition coefficient (Wildman–Crippen LogP) is 4.99. The van der Waals surface area contributed by atoms with E-state index < -0.39 is 10.0 Å². The molecule has 5 aromatic rings. The topological polar surface area (TPSA) is 85.6 Å². The molecule has 5 rings (SSSR count). The molecule has 0 bridgehead atoms. The summed E-state index contributed by atoms with van der Waals surface area (Å²) in [5.74, 6) is 1.81. The van der Waals surface area contributed by atoms with E-state index in [1.54, 1.807) is 36.5 Å². The van der Waals surface area contributed by atoms with Crippen molar-refractivity contribution in [3.05, 3.63) is 104 Å². The molecule has 0 spiro atoms. The van der Waals surface area contributed by atoms with Gasteiger partial charge in [-0.05, 0) is 54.6 Å². The van der Waals surface area contributed by atoms with E-state index in [9.17, 15) is 8.42 Å². The van der Waals surface area contributed by atoms with Gasteiger partial charge in [-0.25, -0.2) is 18.4 Å². The lowest BCUT2D eigenvalue weighted by atomic mass is 10.1. The molecule has 7 nitrogen and oxygen atoms in total. The summed E-state index contributed by atoms with van der Waals surface area (Å²) in [6, 6.07) is 24.5. The van der Waals surface area contributed by atoms with Gasteiger partial charge in [-0.2, -0.15) is 0 Å². The third kappa shape index (κ3) is 4.17. The fourth-order valence-corrected chi connectivity index (χ4v) is 4.29. The minimum absolute atomic E-state index is 0.139. The number of sulfonamides is 1. The molecule has 0 unspecified atom stereocenters. The molecule has 0 saturated carbocycles. The Morgan fingerprint density at radius 1 is 0.844 bits per heavy atom. The maximum absolute atomic E-state index is 12.9. The number of aromatic nitrogens is 3. The molecule has 158 valence electrons. The predicted molar refractivity (Wildman–Crippen MR) is 122 cm³/mol. The van der Waals surface area contributed by atoms with Crippen LogP contribution in [-0.2, 0) is 10.0 Å². The number of fused-ring (bicyclic) bond motifs is 1. The second-order valence-electron chi connectivity index (χ2n) is 7.03. The third-order valence-electron chi connectivity index (χ3n) is 4.76. The van der Waals surface area contributed by atoms with Gasteiger partial charge in [0.2, 0.25) is 5.78 Å². The average Bonchev–Trinajstić information content (AvgIpc) is 3.25. The SMILES string of the molecule is O=S(=O)(Nc1cccc(-c2cn3cccnc3n2)c1)c1ccc(Oc2ccccc2)cc1. The third-order valence-corrected chi connectivity index (χ3v) is 6.16. The average molecular weight is 443 g/mol. The van der Waals surface area contributed by atoms with Crippen molar-refractivity contribution in [3.8, 4) is 22.8 Å². The number of anilines is 1. The fourth-order valence-electron chi connectivity index (χ4n) is 3.24. The highest BCUT2D eigenvalue weighted by Gasteiger charge is 2.15. The number of benzene rings is 3. The number of nitrogens with zero attached hydrogens (tertiary/aromatic N) is 3. The van der Waals surface area contributed by atoms with Crippen LogP contribution in [0.25, 0.3) is 17.0 Å². The molecule has 1 N–H and O–H groups in total. The summed E-state index contributed by atoms with van der Waals surface area (Å²) >= 11 is 0. The van der Waals surface area contributed by atoms with Gasteiger partial charge in [0.15, 0.2) is 0 Å². The minimum Gasteiger partial charge on any atom is -0.457 e. The standard InChI is InChI=1S/C24H18N4O3S/c29-32(30,22-12-10-21(11-13-22)31-20-8-2-1-3-9-20)27-19-7-4-6-18(16-19)23-17-28-15-5-14-25-24(28)26-23/h1-17,27H. The monoisotopic (exact) mass is 442 g/mol. The van der Waals surface area contributed by atoms with Gasteiger partial charge in [0.25, 0.3) is 10.0 Å². The summed E-state index contributed by atoms with van der Waals surface area (Å²) in [4.78, 5) is 8.84. The fraction of sp³-hybridized carbons (Fsp3) is 0. The molecule has 3 aromatic carbocycles. The summed E-state index contributed by atoms with van der Waals surface area (Å²) < 4.78 is 35.9. The van der Waals surface area contributed by atoms with Gasteiger partial charge >= 0.3 is 0 Å². The van der Waals surface area contributed by atoms with Gasteiger partial charge in [0.1, 0.15) is 11.5 Å². The maximum Gasteiger partial charge on any atom is 0.261 e. The van der Waals surface area contributed by atoms with E-state index >= 15 is 0 Å². The lowest BCUT2D eigenvalue weighted by Crippen LogP contribution is -2.12. The van der Waals surface area contributed by atoms with Crippen molar-refractivity contribution in [2.45, 2.75) is 4.90 Å². The van der Waals surface area contributed by atoms with Crippen LogP contribution in [0, 0.1) is 0 Å². The molecular weight excluding hydrogens is 424 g/mol. The van der Waals surface area contributed by atoms with Gasteiger partial charge in [-0.1, -0.05) is 30.3 Å². The van der Waals surface area contributed by atoms with Gasteiger partial charge < -0.3 is 4.74 Å². The van der Waals surface area contributed by atoms with Gasteiger partial charge in [-0.3, -0.25) is 9.12 Å². The van der Waals surface area contributed by atoms with Gasteiger partial charge in [0.05, 0.1) is 10.6 Å². The summed E-state index contributed by atoms with van der Waals surface area (Å²) in [5, 5.41) is 0. The first-order chi connectivity index (χ1) is 15.6. The Kier molecular flexibility index (Phi) is 5.04. The Bertz CT molecular complexity index is 1450. The van der Waals surface area contributed by atoms with Crippen LogP contribution < -0.4 is 9.46 Å². The normalized spacial score (nSPS) is 11.4. The van der Waals surface area contributed by atoms with E-state index in [2.05, 4.69) is 14.7 Å². The van der Waals surface area contributed by atoms with Crippen LogP contribution in [0.4, 0.5) is 5.69 Å². The van der Waals surface area contributed by atoms with Crippen LogP contribution in [0.1, 0.15) is 0 Å². The smallest absolute Gasteiger partial charge is 0.261 e. The summed E-state index contributed by atoms with van der Waals surface area (Å²) in [6.45, 7) is 0. The van der Waals surface area contributed by atoms with Crippen LogP contribution >= 0.6 is 0 Å².